The summed E-state index contributed by atoms with van der Waals surface area (Å²) in [4.78, 5) is 28.1. The second kappa shape index (κ2) is 8.22. The van der Waals surface area contributed by atoms with Crippen LogP contribution < -0.4 is 5.32 Å². The summed E-state index contributed by atoms with van der Waals surface area (Å²) in [7, 11) is 0. The average Bonchev–Trinajstić information content (AvgIpc) is 3.25. The third kappa shape index (κ3) is 4.10. The number of rotatable bonds is 5. The van der Waals surface area contributed by atoms with Gasteiger partial charge in [-0.25, -0.2) is 4.39 Å². The molecule has 0 aliphatic carbocycles. The first kappa shape index (κ1) is 18.9. The SMILES string of the molecule is CC(C)CC1SCC(C(=O)Nc2ccccc2F)N1C(=O)c1cccs1. The van der Waals surface area contributed by atoms with Gasteiger partial charge in [-0.3, -0.25) is 9.59 Å². The van der Waals surface area contributed by atoms with Crippen LogP contribution in [0.25, 0.3) is 0 Å². The van der Waals surface area contributed by atoms with Gasteiger partial charge in [0.25, 0.3) is 5.91 Å². The molecule has 3 rings (SSSR count). The zero-order valence-corrected chi connectivity index (χ0v) is 16.3. The summed E-state index contributed by atoms with van der Waals surface area (Å²) in [5.74, 6) is -0.0570. The van der Waals surface area contributed by atoms with E-state index in [1.165, 1.54) is 23.5 Å². The Morgan fingerprint density at radius 3 is 2.69 bits per heavy atom. The lowest BCUT2D eigenvalue weighted by Gasteiger charge is -2.29. The number of hydrogen-bond donors (Lipinski definition) is 1. The van der Waals surface area contributed by atoms with E-state index in [4.69, 9.17) is 0 Å². The molecule has 7 heteroatoms. The molecule has 1 aliphatic heterocycles. The van der Waals surface area contributed by atoms with Crippen molar-refractivity contribution in [1.82, 2.24) is 4.90 Å². The summed E-state index contributed by atoms with van der Waals surface area (Å²) in [6.45, 7) is 4.20. The Balaban J connectivity index is 1.83. The van der Waals surface area contributed by atoms with Gasteiger partial charge in [0.15, 0.2) is 0 Å². The number of carbonyl (C=O) groups excluding carboxylic acids is 2. The molecule has 1 N–H and O–H groups in total. The predicted molar refractivity (Wildman–Crippen MR) is 105 cm³/mol. The molecular formula is C19H21FN2O2S2. The van der Waals surface area contributed by atoms with E-state index in [1.54, 1.807) is 34.9 Å². The Morgan fingerprint density at radius 2 is 2.04 bits per heavy atom. The van der Waals surface area contributed by atoms with Crippen LogP contribution in [0.2, 0.25) is 0 Å². The van der Waals surface area contributed by atoms with Crippen LogP contribution in [0.5, 0.6) is 0 Å². The summed E-state index contributed by atoms with van der Waals surface area (Å²) >= 11 is 2.98. The minimum absolute atomic E-state index is 0.0547. The van der Waals surface area contributed by atoms with E-state index in [0.717, 1.165) is 6.42 Å². The summed E-state index contributed by atoms with van der Waals surface area (Å²) < 4.78 is 13.9. The highest BCUT2D eigenvalue weighted by Crippen LogP contribution is 2.35. The number of thioether (sulfide) groups is 1. The van der Waals surface area contributed by atoms with E-state index in [1.807, 2.05) is 11.4 Å². The molecule has 2 unspecified atom stereocenters. The van der Waals surface area contributed by atoms with Crippen LogP contribution >= 0.6 is 23.1 Å². The molecule has 1 fully saturated rings. The molecule has 2 heterocycles. The molecule has 1 aromatic heterocycles. The lowest BCUT2D eigenvalue weighted by molar-refractivity contribution is -0.119. The highest BCUT2D eigenvalue weighted by Gasteiger charge is 2.42. The Labute approximate surface area is 160 Å². The van der Waals surface area contributed by atoms with Crippen molar-refractivity contribution in [3.8, 4) is 0 Å². The van der Waals surface area contributed by atoms with Crippen molar-refractivity contribution in [3.63, 3.8) is 0 Å². The Kier molecular flexibility index (Phi) is 5.98. The van der Waals surface area contributed by atoms with Gasteiger partial charge in [0, 0.05) is 5.75 Å². The third-order valence-electron chi connectivity index (χ3n) is 4.17. The number of nitrogens with zero attached hydrogens (tertiary/aromatic N) is 1. The molecule has 138 valence electrons. The summed E-state index contributed by atoms with van der Waals surface area (Å²) in [5, 5.41) is 4.43. The molecule has 0 radical (unpaired) electrons. The quantitative estimate of drug-likeness (QED) is 0.818. The standard InChI is InChI=1S/C19H21FN2O2S2/c1-12(2)10-17-22(19(24)16-8-5-9-25-16)15(11-26-17)18(23)21-14-7-4-3-6-13(14)20/h3-9,12,15,17H,10-11H2,1-2H3,(H,21,23). The van der Waals surface area contributed by atoms with Gasteiger partial charge in [0.1, 0.15) is 11.9 Å². The second-order valence-corrected chi connectivity index (χ2v) is 8.75. The van der Waals surface area contributed by atoms with Gasteiger partial charge in [0.05, 0.1) is 15.9 Å². The van der Waals surface area contributed by atoms with Crippen LogP contribution in [0, 0.1) is 11.7 Å². The maximum Gasteiger partial charge on any atom is 0.265 e. The monoisotopic (exact) mass is 392 g/mol. The highest BCUT2D eigenvalue weighted by molar-refractivity contribution is 8.00. The lowest BCUT2D eigenvalue weighted by atomic mass is 10.1. The van der Waals surface area contributed by atoms with Crippen molar-refractivity contribution in [2.24, 2.45) is 5.92 Å². The molecular weight excluding hydrogens is 371 g/mol. The zero-order chi connectivity index (χ0) is 18.7. The van der Waals surface area contributed by atoms with E-state index in [2.05, 4.69) is 19.2 Å². The van der Waals surface area contributed by atoms with E-state index in [9.17, 15) is 14.0 Å². The maximum atomic E-state index is 13.9. The van der Waals surface area contributed by atoms with Crippen molar-refractivity contribution >= 4 is 40.6 Å². The van der Waals surface area contributed by atoms with E-state index >= 15 is 0 Å². The van der Waals surface area contributed by atoms with Crippen molar-refractivity contribution < 1.29 is 14.0 Å². The molecule has 1 saturated heterocycles. The van der Waals surface area contributed by atoms with Crippen molar-refractivity contribution in [1.29, 1.82) is 0 Å². The Bertz CT molecular complexity index is 780. The number of halogens is 1. The van der Waals surface area contributed by atoms with Gasteiger partial charge in [-0.15, -0.1) is 23.1 Å². The minimum Gasteiger partial charge on any atom is -0.322 e. The zero-order valence-electron chi connectivity index (χ0n) is 14.6. The first-order valence-electron chi connectivity index (χ1n) is 8.50. The topological polar surface area (TPSA) is 49.4 Å². The van der Waals surface area contributed by atoms with Crippen molar-refractivity contribution in [2.45, 2.75) is 31.7 Å². The molecule has 4 nitrogen and oxygen atoms in total. The number of amides is 2. The molecule has 26 heavy (non-hydrogen) atoms. The van der Waals surface area contributed by atoms with E-state index in [0.29, 0.717) is 16.5 Å². The average molecular weight is 393 g/mol. The minimum atomic E-state index is -0.613. The van der Waals surface area contributed by atoms with E-state index < -0.39 is 11.9 Å². The maximum absolute atomic E-state index is 13.9. The first-order valence-corrected chi connectivity index (χ1v) is 10.4. The molecule has 0 bridgehead atoms. The van der Waals surface area contributed by atoms with Gasteiger partial charge < -0.3 is 10.2 Å². The molecule has 2 atom stereocenters. The molecule has 1 aliphatic rings. The van der Waals surface area contributed by atoms with Crippen LogP contribution in [0.1, 0.15) is 29.9 Å². The van der Waals surface area contributed by atoms with Crippen LogP contribution in [-0.2, 0) is 4.79 Å². The second-order valence-electron chi connectivity index (χ2n) is 6.59. The predicted octanol–water partition coefficient (Wildman–Crippen LogP) is 4.46. The fourth-order valence-electron chi connectivity index (χ4n) is 2.93. The first-order chi connectivity index (χ1) is 12.5. The molecule has 0 saturated carbocycles. The fraction of sp³-hybridized carbons (Fsp3) is 0.368. The number of nitrogens with one attached hydrogen (secondary N) is 1. The summed E-state index contributed by atoms with van der Waals surface area (Å²) in [5.41, 5.74) is 0.137. The van der Waals surface area contributed by atoms with Gasteiger partial charge in [-0.05, 0) is 35.9 Å². The number of anilines is 1. The third-order valence-corrected chi connectivity index (χ3v) is 6.34. The van der Waals surface area contributed by atoms with Crippen LogP contribution in [0.4, 0.5) is 10.1 Å². The molecule has 0 spiro atoms. The Morgan fingerprint density at radius 1 is 1.27 bits per heavy atom. The highest BCUT2D eigenvalue weighted by atomic mass is 32.2. The normalized spacial score (nSPS) is 19.8. The van der Waals surface area contributed by atoms with Gasteiger partial charge in [0.2, 0.25) is 5.91 Å². The fourth-order valence-corrected chi connectivity index (χ4v) is 5.24. The van der Waals surface area contributed by atoms with Crippen LogP contribution in [-0.4, -0.2) is 33.9 Å². The summed E-state index contributed by atoms with van der Waals surface area (Å²) in [6.07, 6.45) is 0.811. The number of thiophene rings is 1. The molecule has 2 aromatic rings. The summed E-state index contributed by atoms with van der Waals surface area (Å²) in [6, 6.07) is 9.04. The van der Waals surface area contributed by atoms with Crippen LogP contribution in [0.3, 0.4) is 0 Å². The van der Waals surface area contributed by atoms with Gasteiger partial charge in [-0.1, -0.05) is 32.0 Å². The lowest BCUT2D eigenvalue weighted by Crippen LogP contribution is -2.47. The van der Waals surface area contributed by atoms with Crippen molar-refractivity contribution in [2.75, 3.05) is 11.1 Å². The van der Waals surface area contributed by atoms with E-state index in [-0.39, 0.29) is 22.9 Å². The van der Waals surface area contributed by atoms with Crippen LogP contribution in [0.15, 0.2) is 41.8 Å². The van der Waals surface area contributed by atoms with Gasteiger partial charge >= 0.3 is 0 Å². The number of carbonyl (C=O) groups is 2. The Hall–Kier alpha value is -1.86. The van der Waals surface area contributed by atoms with Crippen molar-refractivity contribution in [3.05, 3.63) is 52.5 Å². The number of hydrogen-bond acceptors (Lipinski definition) is 4. The smallest absolute Gasteiger partial charge is 0.265 e. The van der Waals surface area contributed by atoms with Gasteiger partial charge in [-0.2, -0.15) is 0 Å². The number of benzene rings is 1. The number of para-hydroxylation sites is 1. The largest absolute Gasteiger partial charge is 0.322 e. The molecule has 1 aromatic carbocycles. The molecule has 2 amide bonds.